The van der Waals surface area contributed by atoms with E-state index in [0.717, 1.165) is 42.0 Å². The lowest BCUT2D eigenvalue weighted by Crippen LogP contribution is -2.35. The Bertz CT molecular complexity index is 1020. The fourth-order valence-corrected chi connectivity index (χ4v) is 4.78. The topological polar surface area (TPSA) is 51.1 Å². The maximum Gasteiger partial charge on any atom is 0.188 e. The first-order valence-electron chi connectivity index (χ1n) is 11.1. The number of methoxy groups -OCH3 is 1. The number of hydrogen-bond acceptors (Lipinski definition) is 6. The second-order valence-electron chi connectivity index (χ2n) is 8.10. The molecule has 1 fully saturated rings. The van der Waals surface area contributed by atoms with Crippen LogP contribution in [0.2, 0.25) is 0 Å². The SMILES string of the molecule is COc1ccc(/C=C/CN2CCCC(c3nc(SCc4ccccn4)ncc3C)C2)cc1. The third-order valence-electron chi connectivity index (χ3n) is 5.75. The summed E-state index contributed by atoms with van der Waals surface area (Å²) in [6, 6.07) is 14.2. The normalized spacial score (nSPS) is 17.0. The van der Waals surface area contributed by atoms with Crippen molar-refractivity contribution >= 4 is 17.8 Å². The molecule has 1 aliphatic rings. The van der Waals surface area contributed by atoms with Crippen LogP contribution in [0.1, 0.15) is 41.3 Å². The molecule has 32 heavy (non-hydrogen) atoms. The number of benzene rings is 1. The molecule has 0 radical (unpaired) electrons. The van der Waals surface area contributed by atoms with Crippen molar-refractivity contribution in [2.45, 2.75) is 36.6 Å². The standard InChI is InChI=1S/C26H30N4OS/c1-20-17-28-26(32-19-23-9-3-4-14-27-23)29-25(20)22-8-6-16-30(18-22)15-5-7-21-10-12-24(31-2)13-11-21/h3-5,7,9-14,17,22H,6,8,15-16,18-19H2,1-2H3/b7-5+. The predicted octanol–water partition coefficient (Wildman–Crippen LogP) is 5.37. The fourth-order valence-electron chi connectivity index (χ4n) is 4.04. The summed E-state index contributed by atoms with van der Waals surface area (Å²) in [7, 11) is 1.69. The molecular weight excluding hydrogens is 416 g/mol. The molecule has 1 aliphatic heterocycles. The molecule has 2 aromatic heterocycles. The summed E-state index contributed by atoms with van der Waals surface area (Å²) in [6.07, 6.45) is 10.6. The highest BCUT2D eigenvalue weighted by atomic mass is 32.2. The number of hydrogen-bond donors (Lipinski definition) is 0. The maximum atomic E-state index is 5.23. The summed E-state index contributed by atoms with van der Waals surface area (Å²) < 4.78 is 5.23. The number of rotatable bonds is 8. The number of aromatic nitrogens is 3. The molecule has 4 rings (SSSR count). The Morgan fingerprint density at radius 1 is 1.16 bits per heavy atom. The van der Waals surface area contributed by atoms with E-state index < -0.39 is 0 Å². The van der Waals surface area contributed by atoms with Crippen molar-refractivity contribution in [1.29, 1.82) is 0 Å². The molecule has 1 saturated heterocycles. The summed E-state index contributed by atoms with van der Waals surface area (Å²) in [4.78, 5) is 16.4. The summed E-state index contributed by atoms with van der Waals surface area (Å²) >= 11 is 1.66. The van der Waals surface area contributed by atoms with Crippen LogP contribution in [0.5, 0.6) is 5.75 Å². The lowest BCUT2D eigenvalue weighted by molar-refractivity contribution is 0.225. The molecule has 0 N–H and O–H groups in total. The molecule has 0 amide bonds. The first kappa shape index (κ1) is 22.5. The van der Waals surface area contributed by atoms with Gasteiger partial charge in [0.05, 0.1) is 18.5 Å². The lowest BCUT2D eigenvalue weighted by Gasteiger charge is -2.32. The van der Waals surface area contributed by atoms with Gasteiger partial charge in [-0.25, -0.2) is 9.97 Å². The van der Waals surface area contributed by atoms with Crippen LogP contribution in [0.3, 0.4) is 0 Å². The highest BCUT2D eigenvalue weighted by Crippen LogP contribution is 2.29. The Morgan fingerprint density at radius 3 is 2.81 bits per heavy atom. The average molecular weight is 447 g/mol. The second-order valence-corrected chi connectivity index (χ2v) is 9.05. The number of aryl methyl sites for hydroxylation is 1. The van der Waals surface area contributed by atoms with Crippen LogP contribution in [0.15, 0.2) is 66.1 Å². The van der Waals surface area contributed by atoms with E-state index in [1.807, 2.05) is 42.7 Å². The highest BCUT2D eigenvalue weighted by molar-refractivity contribution is 7.98. The maximum absolute atomic E-state index is 5.23. The zero-order valence-electron chi connectivity index (χ0n) is 18.8. The van der Waals surface area contributed by atoms with Gasteiger partial charge in [0, 0.05) is 37.2 Å². The number of piperidine rings is 1. The zero-order chi connectivity index (χ0) is 22.2. The van der Waals surface area contributed by atoms with Crippen molar-refractivity contribution in [1.82, 2.24) is 19.9 Å². The third-order valence-corrected chi connectivity index (χ3v) is 6.64. The summed E-state index contributed by atoms with van der Waals surface area (Å²) in [6.45, 7) is 5.25. The van der Waals surface area contributed by atoms with Gasteiger partial charge in [0.1, 0.15) is 5.75 Å². The first-order chi connectivity index (χ1) is 15.7. The number of ether oxygens (including phenoxy) is 1. The Labute approximate surface area is 195 Å². The van der Waals surface area contributed by atoms with E-state index in [0.29, 0.717) is 5.92 Å². The zero-order valence-corrected chi connectivity index (χ0v) is 19.6. The third kappa shape index (κ3) is 6.17. The Morgan fingerprint density at radius 2 is 2.03 bits per heavy atom. The molecule has 0 saturated carbocycles. The Hall–Kier alpha value is -2.70. The van der Waals surface area contributed by atoms with Crippen LogP contribution < -0.4 is 4.74 Å². The van der Waals surface area contributed by atoms with Gasteiger partial charge in [-0.2, -0.15) is 0 Å². The number of thioether (sulfide) groups is 1. The minimum Gasteiger partial charge on any atom is -0.497 e. The summed E-state index contributed by atoms with van der Waals surface area (Å²) in [5.41, 5.74) is 4.64. The average Bonchev–Trinajstić information content (AvgIpc) is 2.85. The van der Waals surface area contributed by atoms with Gasteiger partial charge in [-0.15, -0.1) is 0 Å². The van der Waals surface area contributed by atoms with E-state index in [4.69, 9.17) is 9.72 Å². The van der Waals surface area contributed by atoms with E-state index >= 15 is 0 Å². The van der Waals surface area contributed by atoms with Crippen LogP contribution in [-0.2, 0) is 5.75 Å². The fraction of sp³-hybridized carbons (Fsp3) is 0.346. The van der Waals surface area contributed by atoms with Crippen LogP contribution in [0, 0.1) is 6.92 Å². The van der Waals surface area contributed by atoms with Gasteiger partial charge in [0.2, 0.25) is 0 Å². The summed E-state index contributed by atoms with van der Waals surface area (Å²) in [5, 5.41) is 0.841. The van der Waals surface area contributed by atoms with Crippen molar-refractivity contribution in [3.8, 4) is 5.75 Å². The minimum atomic E-state index is 0.454. The quantitative estimate of drug-likeness (QED) is 0.342. The Kier molecular flexibility index (Phi) is 7.91. The van der Waals surface area contributed by atoms with E-state index in [1.54, 1.807) is 18.9 Å². The Balaban J connectivity index is 1.36. The van der Waals surface area contributed by atoms with Crippen molar-refractivity contribution in [2.75, 3.05) is 26.7 Å². The molecule has 0 spiro atoms. The van der Waals surface area contributed by atoms with Gasteiger partial charge in [-0.05, 0) is 61.7 Å². The molecule has 6 heteroatoms. The molecule has 1 aromatic carbocycles. The lowest BCUT2D eigenvalue weighted by atomic mass is 9.92. The molecule has 5 nitrogen and oxygen atoms in total. The largest absolute Gasteiger partial charge is 0.497 e. The van der Waals surface area contributed by atoms with Crippen LogP contribution in [0.25, 0.3) is 6.08 Å². The van der Waals surface area contributed by atoms with E-state index in [1.165, 1.54) is 29.7 Å². The van der Waals surface area contributed by atoms with Gasteiger partial charge >= 0.3 is 0 Å². The molecule has 3 aromatic rings. The van der Waals surface area contributed by atoms with E-state index in [9.17, 15) is 0 Å². The second kappa shape index (κ2) is 11.2. The van der Waals surface area contributed by atoms with Gasteiger partial charge < -0.3 is 4.74 Å². The predicted molar refractivity (Wildman–Crippen MR) is 131 cm³/mol. The molecule has 0 bridgehead atoms. The van der Waals surface area contributed by atoms with Gasteiger partial charge in [0.15, 0.2) is 5.16 Å². The van der Waals surface area contributed by atoms with E-state index in [-0.39, 0.29) is 0 Å². The number of likely N-dealkylation sites (tertiary alicyclic amines) is 1. The molecular formula is C26H30N4OS. The van der Waals surface area contributed by atoms with Gasteiger partial charge in [0.25, 0.3) is 0 Å². The molecule has 1 unspecified atom stereocenters. The van der Waals surface area contributed by atoms with Crippen LogP contribution in [-0.4, -0.2) is 46.6 Å². The number of pyridine rings is 1. The molecule has 0 aliphatic carbocycles. The van der Waals surface area contributed by atoms with Crippen molar-refractivity contribution in [3.63, 3.8) is 0 Å². The van der Waals surface area contributed by atoms with Crippen molar-refractivity contribution in [3.05, 3.63) is 83.4 Å². The monoisotopic (exact) mass is 446 g/mol. The first-order valence-corrected chi connectivity index (χ1v) is 12.1. The van der Waals surface area contributed by atoms with Gasteiger partial charge in [-0.3, -0.25) is 9.88 Å². The smallest absolute Gasteiger partial charge is 0.188 e. The van der Waals surface area contributed by atoms with Crippen LogP contribution >= 0.6 is 11.8 Å². The minimum absolute atomic E-state index is 0.454. The molecule has 1 atom stereocenters. The van der Waals surface area contributed by atoms with Crippen LogP contribution in [0.4, 0.5) is 0 Å². The molecule has 3 heterocycles. The number of nitrogens with zero attached hydrogens (tertiary/aromatic N) is 4. The highest BCUT2D eigenvalue weighted by Gasteiger charge is 2.23. The molecule has 166 valence electrons. The van der Waals surface area contributed by atoms with Gasteiger partial charge in [-0.1, -0.05) is 42.1 Å². The van der Waals surface area contributed by atoms with Crippen molar-refractivity contribution in [2.24, 2.45) is 0 Å². The van der Waals surface area contributed by atoms with E-state index in [2.05, 4.69) is 46.1 Å². The summed E-state index contributed by atoms with van der Waals surface area (Å²) in [5.74, 6) is 2.13. The van der Waals surface area contributed by atoms with Crippen molar-refractivity contribution < 1.29 is 4.74 Å².